The van der Waals surface area contributed by atoms with Crippen molar-refractivity contribution in [2.75, 3.05) is 13.7 Å². The van der Waals surface area contributed by atoms with Gasteiger partial charge in [-0.15, -0.1) is 0 Å². The number of aliphatic hydroxyl groups excluding tert-OH is 1. The van der Waals surface area contributed by atoms with Gasteiger partial charge in [-0.2, -0.15) is 0 Å². The highest BCUT2D eigenvalue weighted by atomic mass is 16.6. The molecule has 0 saturated carbocycles. The summed E-state index contributed by atoms with van der Waals surface area (Å²) in [5.74, 6) is -0.317. The van der Waals surface area contributed by atoms with Crippen LogP contribution in [0, 0.1) is 0 Å². The van der Waals surface area contributed by atoms with Gasteiger partial charge >= 0.3 is 0 Å². The molecule has 0 radical (unpaired) electrons. The van der Waals surface area contributed by atoms with E-state index in [2.05, 4.69) is 4.74 Å². The van der Waals surface area contributed by atoms with Crippen molar-refractivity contribution in [1.82, 2.24) is 4.90 Å². The van der Waals surface area contributed by atoms with Crippen molar-refractivity contribution in [3.8, 4) is 0 Å². The fourth-order valence-corrected chi connectivity index (χ4v) is 1.50. The highest BCUT2D eigenvalue weighted by molar-refractivity contribution is 5.79. The van der Waals surface area contributed by atoms with Crippen molar-refractivity contribution >= 4 is 5.91 Å². The zero-order chi connectivity index (χ0) is 9.14. The number of aliphatic hydroxyl groups is 1. The molecular formula is C8H15NO3. The molecule has 0 aromatic rings. The lowest BCUT2D eigenvalue weighted by atomic mass is 10.2. The molecule has 1 rings (SSSR count). The highest BCUT2D eigenvalue weighted by Gasteiger charge is 2.29. The number of carbonyl (C=O) groups is 1. The maximum atomic E-state index is 11.3. The molecule has 1 unspecified atom stereocenters. The Hall–Kier alpha value is -0.610. The molecule has 1 aliphatic rings. The quantitative estimate of drug-likeness (QED) is 0.596. The Morgan fingerprint density at radius 2 is 2.42 bits per heavy atom. The van der Waals surface area contributed by atoms with Gasteiger partial charge in [0.15, 0.2) is 0 Å². The van der Waals surface area contributed by atoms with Crippen molar-refractivity contribution < 1.29 is 14.6 Å². The van der Waals surface area contributed by atoms with Crippen LogP contribution in [0.4, 0.5) is 0 Å². The van der Waals surface area contributed by atoms with Gasteiger partial charge in [-0.1, -0.05) is 0 Å². The number of likely N-dealkylation sites (tertiary alicyclic amines) is 1. The van der Waals surface area contributed by atoms with E-state index < -0.39 is 6.29 Å². The lowest BCUT2D eigenvalue weighted by molar-refractivity contribution is -0.164. The first-order valence-electron chi connectivity index (χ1n) is 4.18. The van der Waals surface area contributed by atoms with Crippen LogP contribution >= 0.6 is 0 Å². The van der Waals surface area contributed by atoms with Gasteiger partial charge < -0.3 is 14.7 Å². The van der Waals surface area contributed by atoms with E-state index in [0.717, 1.165) is 19.4 Å². The predicted octanol–water partition coefficient (Wildman–Crippen LogP) is -0.0379. The Balaban J connectivity index is 2.51. The molecule has 4 heteroatoms. The Bertz CT molecular complexity index is 172. The molecule has 4 nitrogen and oxygen atoms in total. The molecule has 0 spiro atoms. The summed E-state index contributed by atoms with van der Waals surface area (Å²) in [6, 6.07) is 0.238. The van der Waals surface area contributed by atoms with Crippen molar-refractivity contribution in [3.05, 3.63) is 0 Å². The molecule has 1 amide bonds. The molecule has 70 valence electrons. The van der Waals surface area contributed by atoms with Crippen molar-refractivity contribution in [3.63, 3.8) is 0 Å². The number of hydrogen-bond acceptors (Lipinski definition) is 3. The van der Waals surface area contributed by atoms with E-state index >= 15 is 0 Å². The number of carbonyl (C=O) groups excluding carboxylic acids is 1. The van der Waals surface area contributed by atoms with Gasteiger partial charge in [-0.05, 0) is 19.8 Å². The van der Waals surface area contributed by atoms with Gasteiger partial charge in [0.2, 0.25) is 6.29 Å². The molecule has 0 aromatic carbocycles. The highest BCUT2D eigenvalue weighted by Crippen LogP contribution is 2.17. The Morgan fingerprint density at radius 3 is 2.83 bits per heavy atom. The first-order chi connectivity index (χ1) is 5.66. The SMILES string of the molecule is COC(O)C(=O)N1CCC[C@H]1C. The van der Waals surface area contributed by atoms with Gasteiger partial charge in [0, 0.05) is 19.7 Å². The molecular weight excluding hydrogens is 158 g/mol. The minimum Gasteiger partial charge on any atom is -0.361 e. The van der Waals surface area contributed by atoms with Crippen LogP contribution < -0.4 is 0 Å². The molecule has 1 heterocycles. The van der Waals surface area contributed by atoms with Crippen LogP contribution in [0.1, 0.15) is 19.8 Å². The van der Waals surface area contributed by atoms with Gasteiger partial charge in [0.25, 0.3) is 5.91 Å². The second-order valence-corrected chi connectivity index (χ2v) is 3.11. The minimum atomic E-state index is -1.29. The van der Waals surface area contributed by atoms with E-state index in [1.165, 1.54) is 7.11 Å². The third kappa shape index (κ3) is 1.76. The number of amides is 1. The number of hydrogen-bond donors (Lipinski definition) is 1. The monoisotopic (exact) mass is 173 g/mol. The van der Waals surface area contributed by atoms with E-state index in [1.54, 1.807) is 4.90 Å². The van der Waals surface area contributed by atoms with E-state index in [0.29, 0.717) is 0 Å². The molecule has 1 aliphatic heterocycles. The maximum absolute atomic E-state index is 11.3. The van der Waals surface area contributed by atoms with Gasteiger partial charge in [0.05, 0.1) is 0 Å². The minimum absolute atomic E-state index is 0.238. The first-order valence-corrected chi connectivity index (χ1v) is 4.18. The molecule has 0 aliphatic carbocycles. The van der Waals surface area contributed by atoms with E-state index in [1.807, 2.05) is 6.92 Å². The Kier molecular flexibility index (Phi) is 3.05. The van der Waals surface area contributed by atoms with Crippen LogP contribution in [0.3, 0.4) is 0 Å². The molecule has 12 heavy (non-hydrogen) atoms. The van der Waals surface area contributed by atoms with Gasteiger partial charge in [-0.25, -0.2) is 0 Å². The summed E-state index contributed by atoms with van der Waals surface area (Å²) in [7, 11) is 1.32. The number of methoxy groups -OCH3 is 1. The topological polar surface area (TPSA) is 49.8 Å². The molecule has 1 saturated heterocycles. The Morgan fingerprint density at radius 1 is 1.75 bits per heavy atom. The zero-order valence-electron chi connectivity index (χ0n) is 7.49. The predicted molar refractivity (Wildman–Crippen MR) is 43.4 cm³/mol. The normalized spacial score (nSPS) is 25.9. The van der Waals surface area contributed by atoms with E-state index in [9.17, 15) is 4.79 Å². The summed E-state index contributed by atoms with van der Waals surface area (Å²) in [6.45, 7) is 2.72. The smallest absolute Gasteiger partial charge is 0.279 e. The zero-order valence-corrected chi connectivity index (χ0v) is 7.49. The second kappa shape index (κ2) is 3.87. The summed E-state index contributed by atoms with van der Waals surface area (Å²) in [4.78, 5) is 13.0. The average Bonchev–Trinajstić information content (AvgIpc) is 2.48. The third-order valence-corrected chi connectivity index (χ3v) is 2.27. The summed E-state index contributed by atoms with van der Waals surface area (Å²) >= 11 is 0. The maximum Gasteiger partial charge on any atom is 0.279 e. The van der Waals surface area contributed by atoms with Crippen LogP contribution in [0.5, 0.6) is 0 Å². The van der Waals surface area contributed by atoms with Gasteiger partial charge in [-0.3, -0.25) is 4.79 Å². The lowest BCUT2D eigenvalue weighted by Crippen LogP contribution is -2.41. The van der Waals surface area contributed by atoms with Crippen molar-refractivity contribution in [1.29, 1.82) is 0 Å². The fourth-order valence-electron chi connectivity index (χ4n) is 1.50. The fraction of sp³-hybridized carbons (Fsp3) is 0.875. The molecule has 2 atom stereocenters. The van der Waals surface area contributed by atoms with Crippen molar-refractivity contribution in [2.24, 2.45) is 0 Å². The van der Waals surface area contributed by atoms with Crippen LogP contribution in [0.15, 0.2) is 0 Å². The lowest BCUT2D eigenvalue weighted by Gasteiger charge is -2.23. The molecule has 0 aromatic heterocycles. The number of nitrogens with zero attached hydrogens (tertiary/aromatic N) is 1. The number of ether oxygens (including phenoxy) is 1. The summed E-state index contributed by atoms with van der Waals surface area (Å²) < 4.78 is 4.54. The first kappa shape index (κ1) is 9.48. The van der Waals surface area contributed by atoms with Crippen LogP contribution in [0.25, 0.3) is 0 Å². The van der Waals surface area contributed by atoms with Gasteiger partial charge in [0.1, 0.15) is 0 Å². The third-order valence-electron chi connectivity index (χ3n) is 2.27. The second-order valence-electron chi connectivity index (χ2n) is 3.11. The van der Waals surface area contributed by atoms with Crippen LogP contribution in [-0.4, -0.2) is 41.9 Å². The summed E-state index contributed by atoms with van der Waals surface area (Å²) in [5.41, 5.74) is 0. The van der Waals surface area contributed by atoms with E-state index in [-0.39, 0.29) is 11.9 Å². The van der Waals surface area contributed by atoms with Crippen molar-refractivity contribution in [2.45, 2.75) is 32.1 Å². The largest absolute Gasteiger partial charge is 0.361 e. The Labute approximate surface area is 72.1 Å². The molecule has 1 fully saturated rings. The standard InChI is InChI=1S/C8H15NO3/c1-6-4-3-5-9(6)7(10)8(11)12-2/h6,8,11H,3-5H2,1-2H3/t6-,8?/m1/s1. The van der Waals surface area contributed by atoms with Crippen LogP contribution in [0.2, 0.25) is 0 Å². The van der Waals surface area contributed by atoms with E-state index in [4.69, 9.17) is 5.11 Å². The summed E-state index contributed by atoms with van der Waals surface area (Å²) in [5, 5.41) is 9.09. The molecule has 0 bridgehead atoms. The molecule has 1 N–H and O–H groups in total. The van der Waals surface area contributed by atoms with Crippen LogP contribution in [-0.2, 0) is 9.53 Å². The average molecular weight is 173 g/mol. The summed E-state index contributed by atoms with van der Waals surface area (Å²) in [6.07, 6.45) is 0.747. The number of rotatable bonds is 2.